The summed E-state index contributed by atoms with van der Waals surface area (Å²) in [4.78, 5) is 2.71. The number of hydrogen-bond donors (Lipinski definition) is 1. The molecule has 2 heterocycles. The Bertz CT molecular complexity index is 178. The first-order chi connectivity index (χ1) is 7.38. The van der Waals surface area contributed by atoms with Gasteiger partial charge in [0, 0.05) is 13.1 Å². The Balaban J connectivity index is 1.71. The van der Waals surface area contributed by atoms with E-state index in [0.717, 1.165) is 11.8 Å². The van der Waals surface area contributed by atoms with Crippen molar-refractivity contribution in [1.82, 2.24) is 10.2 Å². The predicted molar refractivity (Wildman–Crippen MR) is 68.5 cm³/mol. The van der Waals surface area contributed by atoms with Crippen molar-refractivity contribution < 1.29 is 0 Å². The highest BCUT2D eigenvalue weighted by Gasteiger charge is 2.23. The lowest BCUT2D eigenvalue weighted by Gasteiger charge is -2.34. The Hall–Kier alpha value is 0.270. The minimum absolute atomic E-state index is 0.901. The van der Waals surface area contributed by atoms with Crippen LogP contribution in [0.15, 0.2) is 0 Å². The molecule has 2 nitrogen and oxygen atoms in total. The van der Waals surface area contributed by atoms with Crippen molar-refractivity contribution in [2.45, 2.75) is 19.3 Å². The van der Waals surface area contributed by atoms with E-state index in [1.54, 1.807) is 0 Å². The van der Waals surface area contributed by atoms with E-state index in [-0.39, 0.29) is 0 Å². The standard InChI is InChI=1S/C12H24N2S/c1-13-7-11-3-2-5-14(8-11)9-12-4-6-15-10-12/h11-13H,2-10H2,1H3. The Labute approximate surface area is 98.2 Å². The zero-order valence-corrected chi connectivity index (χ0v) is 10.7. The molecule has 0 spiro atoms. The van der Waals surface area contributed by atoms with Crippen molar-refractivity contribution in [1.29, 1.82) is 0 Å². The van der Waals surface area contributed by atoms with Crippen molar-refractivity contribution in [3.63, 3.8) is 0 Å². The zero-order valence-electron chi connectivity index (χ0n) is 9.87. The highest BCUT2D eigenvalue weighted by molar-refractivity contribution is 7.99. The topological polar surface area (TPSA) is 15.3 Å². The van der Waals surface area contributed by atoms with Gasteiger partial charge in [0.15, 0.2) is 0 Å². The van der Waals surface area contributed by atoms with Crippen LogP contribution in [0.5, 0.6) is 0 Å². The quantitative estimate of drug-likeness (QED) is 0.788. The minimum atomic E-state index is 0.901. The van der Waals surface area contributed by atoms with Crippen molar-refractivity contribution in [2.75, 3.05) is 44.7 Å². The monoisotopic (exact) mass is 228 g/mol. The molecule has 0 amide bonds. The third kappa shape index (κ3) is 3.65. The van der Waals surface area contributed by atoms with Gasteiger partial charge in [-0.2, -0.15) is 11.8 Å². The van der Waals surface area contributed by atoms with E-state index < -0.39 is 0 Å². The molecule has 1 N–H and O–H groups in total. The van der Waals surface area contributed by atoms with Gasteiger partial charge in [0.1, 0.15) is 0 Å². The molecule has 2 aliphatic heterocycles. The van der Waals surface area contributed by atoms with Crippen LogP contribution in [-0.2, 0) is 0 Å². The third-order valence-electron chi connectivity index (χ3n) is 3.64. The van der Waals surface area contributed by atoms with Crippen LogP contribution in [0.2, 0.25) is 0 Å². The summed E-state index contributed by atoms with van der Waals surface area (Å²) in [6, 6.07) is 0. The molecule has 2 fully saturated rings. The Morgan fingerprint density at radius 2 is 2.27 bits per heavy atom. The number of piperidine rings is 1. The molecule has 0 aliphatic carbocycles. The van der Waals surface area contributed by atoms with Crippen LogP contribution in [0, 0.1) is 11.8 Å². The molecule has 15 heavy (non-hydrogen) atoms. The number of rotatable bonds is 4. The summed E-state index contributed by atoms with van der Waals surface area (Å²) < 4.78 is 0. The Kier molecular flexibility index (Phi) is 4.79. The molecule has 0 aromatic carbocycles. The average molecular weight is 228 g/mol. The van der Waals surface area contributed by atoms with Crippen molar-refractivity contribution >= 4 is 11.8 Å². The molecule has 2 rings (SSSR count). The maximum Gasteiger partial charge on any atom is 0.00219 e. The van der Waals surface area contributed by atoms with Gasteiger partial charge >= 0.3 is 0 Å². The molecule has 0 radical (unpaired) electrons. The van der Waals surface area contributed by atoms with Gasteiger partial charge in [-0.3, -0.25) is 0 Å². The molecular weight excluding hydrogens is 204 g/mol. The fraction of sp³-hybridized carbons (Fsp3) is 1.00. The first-order valence-corrected chi connectivity index (χ1v) is 7.48. The van der Waals surface area contributed by atoms with Gasteiger partial charge in [0.25, 0.3) is 0 Å². The normalized spacial score (nSPS) is 33.4. The minimum Gasteiger partial charge on any atom is -0.319 e. The van der Waals surface area contributed by atoms with Gasteiger partial charge in [-0.05, 0) is 62.7 Å². The van der Waals surface area contributed by atoms with Crippen LogP contribution in [0.25, 0.3) is 0 Å². The van der Waals surface area contributed by atoms with E-state index in [9.17, 15) is 0 Å². The van der Waals surface area contributed by atoms with Crippen molar-refractivity contribution in [2.24, 2.45) is 11.8 Å². The Morgan fingerprint density at radius 1 is 1.33 bits per heavy atom. The predicted octanol–water partition coefficient (Wildman–Crippen LogP) is 1.67. The molecule has 2 saturated heterocycles. The van der Waals surface area contributed by atoms with E-state index in [1.165, 1.54) is 56.9 Å². The highest BCUT2D eigenvalue weighted by atomic mass is 32.2. The molecular formula is C12H24N2S. The van der Waals surface area contributed by atoms with Crippen LogP contribution < -0.4 is 5.32 Å². The van der Waals surface area contributed by atoms with Gasteiger partial charge in [-0.15, -0.1) is 0 Å². The number of hydrogen-bond acceptors (Lipinski definition) is 3. The van der Waals surface area contributed by atoms with E-state index >= 15 is 0 Å². The molecule has 2 aliphatic rings. The molecule has 0 bridgehead atoms. The van der Waals surface area contributed by atoms with Gasteiger partial charge in [0.05, 0.1) is 0 Å². The summed E-state index contributed by atoms with van der Waals surface area (Å²) in [6.07, 6.45) is 4.29. The van der Waals surface area contributed by atoms with Crippen LogP contribution >= 0.6 is 11.8 Å². The van der Waals surface area contributed by atoms with Crippen LogP contribution in [0.1, 0.15) is 19.3 Å². The summed E-state index contributed by atoms with van der Waals surface area (Å²) in [5, 5.41) is 3.32. The Morgan fingerprint density at radius 3 is 3.00 bits per heavy atom. The lowest BCUT2D eigenvalue weighted by molar-refractivity contribution is 0.156. The number of nitrogens with zero attached hydrogens (tertiary/aromatic N) is 1. The lowest BCUT2D eigenvalue weighted by Crippen LogP contribution is -2.41. The van der Waals surface area contributed by atoms with Crippen LogP contribution in [0.3, 0.4) is 0 Å². The van der Waals surface area contributed by atoms with E-state index in [4.69, 9.17) is 0 Å². The van der Waals surface area contributed by atoms with Gasteiger partial charge in [0.2, 0.25) is 0 Å². The van der Waals surface area contributed by atoms with E-state index in [1.807, 2.05) is 0 Å². The summed E-state index contributed by atoms with van der Waals surface area (Å²) in [5.74, 6) is 4.70. The largest absolute Gasteiger partial charge is 0.319 e. The molecule has 3 heteroatoms. The second kappa shape index (κ2) is 6.12. The van der Waals surface area contributed by atoms with Gasteiger partial charge in [-0.1, -0.05) is 0 Å². The average Bonchev–Trinajstić information content (AvgIpc) is 2.71. The second-order valence-corrected chi connectivity index (χ2v) is 6.20. The van der Waals surface area contributed by atoms with Crippen LogP contribution in [0.4, 0.5) is 0 Å². The molecule has 2 atom stereocenters. The van der Waals surface area contributed by atoms with Crippen LogP contribution in [-0.4, -0.2) is 49.6 Å². The summed E-state index contributed by atoms with van der Waals surface area (Å²) in [6.45, 7) is 5.26. The summed E-state index contributed by atoms with van der Waals surface area (Å²) in [7, 11) is 2.08. The maximum atomic E-state index is 3.32. The molecule has 2 unspecified atom stereocenters. The maximum absolute atomic E-state index is 3.32. The van der Waals surface area contributed by atoms with Crippen molar-refractivity contribution in [3.05, 3.63) is 0 Å². The van der Waals surface area contributed by atoms with Crippen molar-refractivity contribution in [3.8, 4) is 0 Å². The molecule has 0 saturated carbocycles. The fourth-order valence-corrected chi connectivity index (χ4v) is 4.14. The lowest BCUT2D eigenvalue weighted by atomic mass is 9.96. The summed E-state index contributed by atoms with van der Waals surface area (Å²) in [5.41, 5.74) is 0. The van der Waals surface area contributed by atoms with E-state index in [2.05, 4.69) is 29.0 Å². The SMILES string of the molecule is CNCC1CCCN(CC2CCSC2)C1. The first kappa shape index (κ1) is 11.7. The number of likely N-dealkylation sites (tertiary alicyclic amines) is 1. The second-order valence-electron chi connectivity index (χ2n) is 5.06. The third-order valence-corrected chi connectivity index (χ3v) is 4.87. The number of thioether (sulfide) groups is 1. The highest BCUT2D eigenvalue weighted by Crippen LogP contribution is 2.26. The molecule has 0 aromatic heterocycles. The first-order valence-electron chi connectivity index (χ1n) is 6.33. The van der Waals surface area contributed by atoms with Gasteiger partial charge < -0.3 is 10.2 Å². The van der Waals surface area contributed by atoms with Gasteiger partial charge in [-0.25, -0.2) is 0 Å². The molecule has 88 valence electrons. The smallest absolute Gasteiger partial charge is 0.00219 e. The molecule has 0 aromatic rings. The zero-order chi connectivity index (χ0) is 10.5. The summed E-state index contributed by atoms with van der Waals surface area (Å²) >= 11 is 2.14. The number of nitrogens with one attached hydrogen (secondary N) is 1. The van der Waals surface area contributed by atoms with E-state index in [0.29, 0.717) is 0 Å². The fourth-order valence-electron chi connectivity index (χ4n) is 2.86.